The third kappa shape index (κ3) is 4.40. The van der Waals surface area contributed by atoms with Gasteiger partial charge < -0.3 is 10.2 Å². The molecular weight excluding hydrogens is 437 g/mol. The smallest absolute Gasteiger partial charge is 0.243 e. The lowest BCUT2D eigenvalue weighted by Gasteiger charge is -2.29. The number of carbonyl (C=O) groups excluding carboxylic acids is 2. The van der Waals surface area contributed by atoms with Crippen molar-refractivity contribution >= 4 is 56.4 Å². The fourth-order valence-electron chi connectivity index (χ4n) is 3.14. The van der Waals surface area contributed by atoms with E-state index in [9.17, 15) is 18.0 Å². The Balaban J connectivity index is 1.88. The summed E-state index contributed by atoms with van der Waals surface area (Å²) in [6.45, 7) is 1.34. The summed E-state index contributed by atoms with van der Waals surface area (Å²) in [7, 11) is -2.65. The summed E-state index contributed by atoms with van der Waals surface area (Å²) in [5, 5.41) is 3.10. The first-order valence-electron chi connectivity index (χ1n) is 8.73. The summed E-state index contributed by atoms with van der Waals surface area (Å²) in [4.78, 5) is 26.5. The lowest BCUT2D eigenvalue weighted by atomic mass is 10.1. The lowest BCUT2D eigenvalue weighted by molar-refractivity contribution is -0.119. The minimum absolute atomic E-state index is 0.0663. The Morgan fingerprint density at radius 1 is 1.21 bits per heavy atom. The molecule has 29 heavy (non-hydrogen) atoms. The minimum atomic E-state index is -3.97. The third-order valence-electron chi connectivity index (χ3n) is 4.59. The number of sulfonamides is 1. The number of hydrogen-bond donors (Lipinski definition) is 1. The van der Waals surface area contributed by atoms with E-state index in [2.05, 4.69) is 5.32 Å². The van der Waals surface area contributed by atoms with Crippen LogP contribution in [0.15, 0.2) is 47.4 Å². The maximum Gasteiger partial charge on any atom is 0.243 e. The first kappa shape index (κ1) is 21.6. The molecule has 2 amide bonds. The van der Waals surface area contributed by atoms with Crippen LogP contribution < -0.4 is 10.2 Å². The molecule has 1 aliphatic heterocycles. The van der Waals surface area contributed by atoms with E-state index in [-0.39, 0.29) is 27.3 Å². The van der Waals surface area contributed by atoms with Crippen molar-refractivity contribution in [2.45, 2.75) is 24.3 Å². The van der Waals surface area contributed by atoms with Crippen LogP contribution in [0.3, 0.4) is 0 Å². The average molecular weight is 456 g/mol. The van der Waals surface area contributed by atoms with Crippen LogP contribution in [0, 0.1) is 0 Å². The molecule has 1 atom stereocenters. The maximum absolute atomic E-state index is 13.1. The van der Waals surface area contributed by atoms with Gasteiger partial charge >= 0.3 is 0 Å². The summed E-state index contributed by atoms with van der Waals surface area (Å²) in [5.41, 5.74) is 1.03. The molecule has 0 saturated carbocycles. The van der Waals surface area contributed by atoms with Gasteiger partial charge in [0.25, 0.3) is 0 Å². The third-order valence-corrected chi connectivity index (χ3v) is 7.12. The van der Waals surface area contributed by atoms with Crippen molar-refractivity contribution in [1.29, 1.82) is 0 Å². The molecule has 1 aliphatic rings. The van der Waals surface area contributed by atoms with Crippen LogP contribution in [0.1, 0.15) is 13.3 Å². The molecule has 7 nitrogen and oxygen atoms in total. The van der Waals surface area contributed by atoms with E-state index in [1.54, 1.807) is 31.2 Å². The average Bonchev–Trinajstić information content (AvgIpc) is 2.77. The van der Waals surface area contributed by atoms with Crippen molar-refractivity contribution in [3.05, 3.63) is 52.5 Å². The van der Waals surface area contributed by atoms with Crippen LogP contribution in [0.4, 0.5) is 11.4 Å². The molecule has 0 fully saturated rings. The monoisotopic (exact) mass is 455 g/mol. The molecule has 0 spiro atoms. The normalized spacial score (nSPS) is 16.9. The maximum atomic E-state index is 13.1. The van der Waals surface area contributed by atoms with Crippen LogP contribution in [-0.2, 0) is 19.6 Å². The van der Waals surface area contributed by atoms with Gasteiger partial charge in [-0.05, 0) is 37.3 Å². The molecule has 0 saturated heterocycles. The van der Waals surface area contributed by atoms with Gasteiger partial charge in [-0.15, -0.1) is 0 Å². The molecule has 0 bridgehead atoms. The molecule has 1 N–H and O–H groups in total. The number of carbonyl (C=O) groups is 2. The van der Waals surface area contributed by atoms with Gasteiger partial charge in [0.1, 0.15) is 0 Å². The SMILES string of the molecule is C[C@H]1CC(=O)Nc2ccccc2N1C(=O)CN(C)S(=O)(=O)c1ccc(Cl)c(Cl)c1. The number of amides is 2. The Morgan fingerprint density at radius 2 is 1.90 bits per heavy atom. The van der Waals surface area contributed by atoms with Gasteiger partial charge in [-0.25, -0.2) is 8.42 Å². The molecule has 0 aromatic heterocycles. The number of halogens is 2. The lowest BCUT2D eigenvalue weighted by Crippen LogP contribution is -2.45. The van der Waals surface area contributed by atoms with E-state index < -0.39 is 28.5 Å². The van der Waals surface area contributed by atoms with Gasteiger partial charge in [-0.2, -0.15) is 4.31 Å². The van der Waals surface area contributed by atoms with Crippen LogP contribution in [0.5, 0.6) is 0 Å². The quantitative estimate of drug-likeness (QED) is 0.765. The largest absolute Gasteiger partial charge is 0.324 e. The second-order valence-electron chi connectivity index (χ2n) is 6.72. The summed E-state index contributed by atoms with van der Waals surface area (Å²) >= 11 is 11.8. The molecule has 0 unspecified atom stereocenters. The predicted molar refractivity (Wildman–Crippen MR) is 113 cm³/mol. The van der Waals surface area contributed by atoms with Gasteiger partial charge in [0.05, 0.1) is 32.9 Å². The number of rotatable bonds is 4. The van der Waals surface area contributed by atoms with Crippen LogP contribution in [-0.4, -0.2) is 44.2 Å². The molecule has 10 heteroatoms. The molecular formula is C19H19Cl2N3O4S. The zero-order valence-corrected chi connectivity index (χ0v) is 18.1. The molecule has 154 valence electrons. The molecule has 0 aliphatic carbocycles. The van der Waals surface area contributed by atoms with Crippen LogP contribution in [0.2, 0.25) is 10.0 Å². The Labute approximate surface area is 179 Å². The number of para-hydroxylation sites is 2. The second kappa shape index (κ2) is 8.31. The van der Waals surface area contributed by atoms with Gasteiger partial charge in [-0.3, -0.25) is 9.59 Å². The molecule has 2 aromatic carbocycles. The number of anilines is 2. The number of hydrogen-bond acceptors (Lipinski definition) is 4. The van der Waals surface area contributed by atoms with E-state index in [1.807, 2.05) is 0 Å². The Morgan fingerprint density at radius 3 is 2.59 bits per heavy atom. The Bertz CT molecular complexity index is 1070. The predicted octanol–water partition coefficient (Wildman–Crippen LogP) is 3.38. The standard InChI is InChI=1S/C19H19Cl2N3O4S/c1-12-9-18(25)22-16-5-3-4-6-17(16)24(12)19(26)11-23(2)29(27,28)13-7-8-14(20)15(21)10-13/h3-8,10,12H,9,11H2,1-2H3,(H,22,25)/t12-/m0/s1. The highest BCUT2D eigenvalue weighted by atomic mass is 35.5. The number of fused-ring (bicyclic) bond motifs is 1. The number of nitrogens with one attached hydrogen (secondary N) is 1. The van der Waals surface area contributed by atoms with Crippen molar-refractivity contribution in [1.82, 2.24) is 4.31 Å². The highest BCUT2D eigenvalue weighted by Gasteiger charge is 2.32. The highest BCUT2D eigenvalue weighted by Crippen LogP contribution is 2.32. The zero-order chi connectivity index (χ0) is 21.3. The van der Waals surface area contributed by atoms with Gasteiger partial charge in [0.2, 0.25) is 21.8 Å². The second-order valence-corrected chi connectivity index (χ2v) is 9.58. The number of benzene rings is 2. The first-order chi connectivity index (χ1) is 13.6. The van der Waals surface area contributed by atoms with Crippen molar-refractivity contribution in [2.75, 3.05) is 23.8 Å². The van der Waals surface area contributed by atoms with Crippen molar-refractivity contribution < 1.29 is 18.0 Å². The van der Waals surface area contributed by atoms with Crippen LogP contribution in [0.25, 0.3) is 0 Å². The van der Waals surface area contributed by atoms with Crippen LogP contribution >= 0.6 is 23.2 Å². The van der Waals surface area contributed by atoms with E-state index in [0.717, 1.165) is 4.31 Å². The molecule has 0 radical (unpaired) electrons. The fourth-order valence-corrected chi connectivity index (χ4v) is 4.65. The summed E-state index contributed by atoms with van der Waals surface area (Å²) in [5.74, 6) is -0.662. The minimum Gasteiger partial charge on any atom is -0.324 e. The summed E-state index contributed by atoms with van der Waals surface area (Å²) in [6.07, 6.45) is 0.101. The van der Waals surface area contributed by atoms with E-state index >= 15 is 0 Å². The van der Waals surface area contributed by atoms with E-state index in [4.69, 9.17) is 23.2 Å². The zero-order valence-electron chi connectivity index (χ0n) is 15.7. The van der Waals surface area contributed by atoms with Crippen molar-refractivity contribution in [3.8, 4) is 0 Å². The first-order valence-corrected chi connectivity index (χ1v) is 10.9. The van der Waals surface area contributed by atoms with Crippen molar-refractivity contribution in [3.63, 3.8) is 0 Å². The topological polar surface area (TPSA) is 86.8 Å². The summed E-state index contributed by atoms with van der Waals surface area (Å²) in [6, 6.07) is 10.4. The molecule has 1 heterocycles. The van der Waals surface area contributed by atoms with Crippen molar-refractivity contribution in [2.24, 2.45) is 0 Å². The van der Waals surface area contributed by atoms with E-state index in [1.165, 1.54) is 30.1 Å². The number of nitrogens with zero attached hydrogens (tertiary/aromatic N) is 2. The number of likely N-dealkylation sites (N-methyl/N-ethyl adjacent to an activating group) is 1. The Kier molecular flexibility index (Phi) is 6.19. The molecule has 2 aromatic rings. The summed E-state index contributed by atoms with van der Waals surface area (Å²) < 4.78 is 26.6. The Hall–Kier alpha value is -2.13. The van der Waals surface area contributed by atoms with Gasteiger partial charge in [-0.1, -0.05) is 35.3 Å². The molecule has 3 rings (SSSR count). The van der Waals surface area contributed by atoms with E-state index in [0.29, 0.717) is 11.4 Å². The highest BCUT2D eigenvalue weighted by molar-refractivity contribution is 7.89. The fraction of sp³-hybridized carbons (Fsp3) is 0.263. The van der Waals surface area contributed by atoms with Gasteiger partial charge in [0, 0.05) is 19.5 Å². The van der Waals surface area contributed by atoms with Gasteiger partial charge in [0.15, 0.2) is 0 Å².